The molecule has 2 aromatic heterocycles. The second-order valence-electron chi connectivity index (χ2n) is 8.38. The van der Waals surface area contributed by atoms with Crippen molar-refractivity contribution in [1.29, 1.82) is 0 Å². The van der Waals surface area contributed by atoms with E-state index in [4.69, 9.17) is 9.72 Å². The normalized spacial score (nSPS) is 17.7. The summed E-state index contributed by atoms with van der Waals surface area (Å²) in [6.07, 6.45) is 1.92. The zero-order chi connectivity index (χ0) is 23.5. The molecule has 4 aromatic rings. The van der Waals surface area contributed by atoms with E-state index in [2.05, 4.69) is 33.4 Å². The van der Waals surface area contributed by atoms with Gasteiger partial charge in [0.1, 0.15) is 17.3 Å². The lowest BCUT2D eigenvalue weighted by Crippen LogP contribution is -2.26. The standard InChI is InChI=1S/C25H27FN6OS/c1-16-24(22-10-11-32(31-22)15-17-4-3-5-20(26)12-17)34-25(29-16)27-13-19-14-28-30-23(19)18-6-8-21(33-2)9-7-18/h3-12,19,23,28,30H,13-15H2,1-2H3,(H,27,29). The smallest absolute Gasteiger partial charge is 0.183 e. The van der Waals surface area contributed by atoms with Crippen LogP contribution in [0, 0.1) is 18.7 Å². The monoisotopic (exact) mass is 478 g/mol. The van der Waals surface area contributed by atoms with Gasteiger partial charge >= 0.3 is 0 Å². The third-order valence-electron chi connectivity index (χ3n) is 5.99. The molecule has 0 spiro atoms. The molecule has 9 heteroatoms. The van der Waals surface area contributed by atoms with E-state index in [1.54, 1.807) is 24.5 Å². The van der Waals surface area contributed by atoms with E-state index in [0.717, 1.165) is 45.8 Å². The lowest BCUT2D eigenvalue weighted by atomic mass is 9.95. The van der Waals surface area contributed by atoms with Gasteiger partial charge in [-0.3, -0.25) is 10.1 Å². The number of aromatic nitrogens is 3. The Morgan fingerprint density at radius 3 is 2.85 bits per heavy atom. The van der Waals surface area contributed by atoms with E-state index in [1.807, 2.05) is 42.1 Å². The minimum Gasteiger partial charge on any atom is -0.497 e. The SMILES string of the molecule is COc1ccc(C2NNCC2CNc2nc(C)c(-c3ccn(Cc4cccc(F)c4)n3)s2)cc1. The molecule has 3 heterocycles. The van der Waals surface area contributed by atoms with Gasteiger partial charge in [0.05, 0.1) is 30.3 Å². The van der Waals surface area contributed by atoms with Crippen LogP contribution in [0.1, 0.15) is 22.9 Å². The van der Waals surface area contributed by atoms with Crippen LogP contribution in [0.3, 0.4) is 0 Å². The number of hydrogen-bond acceptors (Lipinski definition) is 7. The minimum absolute atomic E-state index is 0.206. The molecule has 1 aliphatic rings. The van der Waals surface area contributed by atoms with Gasteiger partial charge in [-0.25, -0.2) is 14.8 Å². The molecule has 0 amide bonds. The van der Waals surface area contributed by atoms with Crippen LogP contribution in [-0.2, 0) is 6.54 Å². The van der Waals surface area contributed by atoms with Crippen LogP contribution >= 0.6 is 11.3 Å². The van der Waals surface area contributed by atoms with Crippen LogP contribution in [0.15, 0.2) is 60.8 Å². The summed E-state index contributed by atoms with van der Waals surface area (Å²) in [5.41, 5.74) is 10.6. The van der Waals surface area contributed by atoms with Crippen LogP contribution in [-0.4, -0.2) is 35.0 Å². The van der Waals surface area contributed by atoms with Gasteiger partial charge in [-0.05, 0) is 48.4 Å². The number of nitrogens with one attached hydrogen (secondary N) is 3. The molecule has 0 radical (unpaired) electrons. The van der Waals surface area contributed by atoms with Crippen LogP contribution in [0.25, 0.3) is 10.6 Å². The van der Waals surface area contributed by atoms with Crippen LogP contribution in [0.5, 0.6) is 5.75 Å². The Morgan fingerprint density at radius 2 is 2.06 bits per heavy atom. The first kappa shape index (κ1) is 22.5. The van der Waals surface area contributed by atoms with Crippen molar-refractivity contribution in [1.82, 2.24) is 25.6 Å². The van der Waals surface area contributed by atoms with Crippen molar-refractivity contribution in [2.45, 2.75) is 19.5 Å². The third kappa shape index (κ3) is 4.96. The average Bonchev–Trinajstić information content (AvgIpc) is 3.58. The summed E-state index contributed by atoms with van der Waals surface area (Å²) >= 11 is 1.60. The Morgan fingerprint density at radius 1 is 1.21 bits per heavy atom. The quantitative estimate of drug-likeness (QED) is 0.349. The molecule has 1 aliphatic heterocycles. The largest absolute Gasteiger partial charge is 0.497 e. The van der Waals surface area contributed by atoms with Crippen LogP contribution in [0.2, 0.25) is 0 Å². The number of hydrogen-bond donors (Lipinski definition) is 3. The number of methoxy groups -OCH3 is 1. The van der Waals surface area contributed by atoms with Crippen LogP contribution in [0.4, 0.5) is 9.52 Å². The number of ether oxygens (including phenoxy) is 1. The van der Waals surface area contributed by atoms with Gasteiger partial charge in [0.25, 0.3) is 0 Å². The summed E-state index contributed by atoms with van der Waals surface area (Å²) < 4.78 is 20.6. The topological polar surface area (TPSA) is 76.0 Å². The summed E-state index contributed by atoms with van der Waals surface area (Å²) in [7, 11) is 1.68. The highest BCUT2D eigenvalue weighted by Crippen LogP contribution is 2.33. The Hall–Kier alpha value is -3.27. The summed E-state index contributed by atoms with van der Waals surface area (Å²) in [5.74, 6) is 0.987. The lowest BCUT2D eigenvalue weighted by Gasteiger charge is -2.19. The maximum Gasteiger partial charge on any atom is 0.183 e. The lowest BCUT2D eigenvalue weighted by molar-refractivity contribution is 0.414. The van der Waals surface area contributed by atoms with Crippen LogP contribution < -0.4 is 20.9 Å². The molecule has 2 atom stereocenters. The van der Waals surface area contributed by atoms with Gasteiger partial charge in [0.15, 0.2) is 5.13 Å². The van der Waals surface area contributed by atoms with E-state index < -0.39 is 0 Å². The van der Waals surface area contributed by atoms with Gasteiger partial charge in [-0.15, -0.1) is 0 Å². The number of hydrazine groups is 1. The first-order chi connectivity index (χ1) is 16.6. The van der Waals surface area contributed by atoms with Crippen molar-refractivity contribution in [3.8, 4) is 16.3 Å². The van der Waals surface area contributed by atoms with E-state index in [1.165, 1.54) is 17.7 Å². The summed E-state index contributed by atoms with van der Waals surface area (Å²) in [5, 5.41) is 9.09. The highest BCUT2D eigenvalue weighted by atomic mass is 32.1. The highest BCUT2D eigenvalue weighted by molar-refractivity contribution is 7.19. The fourth-order valence-corrected chi connectivity index (χ4v) is 5.15. The third-order valence-corrected chi connectivity index (χ3v) is 7.12. The number of rotatable bonds is 8. The van der Waals surface area contributed by atoms with Gasteiger partial charge in [-0.2, -0.15) is 5.10 Å². The first-order valence-electron chi connectivity index (χ1n) is 11.2. The van der Waals surface area contributed by atoms with Gasteiger partial charge < -0.3 is 10.1 Å². The van der Waals surface area contributed by atoms with Crippen molar-refractivity contribution in [2.24, 2.45) is 5.92 Å². The van der Waals surface area contributed by atoms with Crippen molar-refractivity contribution in [3.05, 3.63) is 83.4 Å². The van der Waals surface area contributed by atoms with E-state index in [0.29, 0.717) is 12.5 Å². The molecule has 3 N–H and O–H groups in total. The van der Waals surface area contributed by atoms with Gasteiger partial charge in [-0.1, -0.05) is 35.6 Å². The van der Waals surface area contributed by atoms with Crippen molar-refractivity contribution in [2.75, 3.05) is 25.5 Å². The number of nitrogens with zero attached hydrogens (tertiary/aromatic N) is 3. The Labute approximate surface area is 202 Å². The fraction of sp³-hybridized carbons (Fsp3) is 0.280. The molecule has 34 heavy (non-hydrogen) atoms. The number of anilines is 1. The van der Waals surface area contributed by atoms with Crippen molar-refractivity contribution >= 4 is 16.5 Å². The molecule has 1 saturated heterocycles. The molecule has 0 saturated carbocycles. The second-order valence-corrected chi connectivity index (χ2v) is 9.38. The predicted molar refractivity (Wildman–Crippen MR) is 132 cm³/mol. The summed E-state index contributed by atoms with van der Waals surface area (Å²) in [6, 6.07) is 17.0. The first-order valence-corrected chi connectivity index (χ1v) is 12.0. The minimum atomic E-state index is -0.235. The summed E-state index contributed by atoms with van der Waals surface area (Å²) in [6.45, 7) is 4.18. The molecule has 7 nitrogen and oxygen atoms in total. The van der Waals surface area contributed by atoms with Gasteiger partial charge in [0, 0.05) is 25.2 Å². The Balaban J connectivity index is 1.24. The average molecular weight is 479 g/mol. The molecular weight excluding hydrogens is 451 g/mol. The molecular formula is C25H27FN6OS. The molecule has 0 bridgehead atoms. The number of thiazole rings is 1. The zero-order valence-corrected chi connectivity index (χ0v) is 19.9. The number of benzene rings is 2. The number of halogens is 1. The van der Waals surface area contributed by atoms with Crippen molar-refractivity contribution < 1.29 is 9.13 Å². The van der Waals surface area contributed by atoms with Crippen molar-refractivity contribution in [3.63, 3.8) is 0 Å². The Bertz CT molecular complexity index is 1250. The molecule has 2 unspecified atom stereocenters. The van der Waals surface area contributed by atoms with Gasteiger partial charge in [0.2, 0.25) is 0 Å². The van der Waals surface area contributed by atoms with E-state index in [-0.39, 0.29) is 11.9 Å². The maximum absolute atomic E-state index is 13.5. The molecule has 1 fully saturated rings. The maximum atomic E-state index is 13.5. The van der Waals surface area contributed by atoms with E-state index in [9.17, 15) is 4.39 Å². The molecule has 2 aromatic carbocycles. The number of aryl methyl sites for hydroxylation is 1. The zero-order valence-electron chi connectivity index (χ0n) is 19.1. The predicted octanol–water partition coefficient (Wildman–Crippen LogP) is 4.39. The summed E-state index contributed by atoms with van der Waals surface area (Å²) in [4.78, 5) is 5.76. The van der Waals surface area contributed by atoms with E-state index >= 15 is 0 Å². The second kappa shape index (κ2) is 9.92. The molecule has 5 rings (SSSR count). The molecule has 0 aliphatic carbocycles. The molecule has 176 valence electrons. The fourth-order valence-electron chi connectivity index (χ4n) is 4.21. The highest BCUT2D eigenvalue weighted by Gasteiger charge is 2.28. The Kier molecular flexibility index (Phi) is 6.57.